The van der Waals surface area contributed by atoms with Gasteiger partial charge in [-0.3, -0.25) is 4.99 Å². The predicted octanol–water partition coefficient (Wildman–Crippen LogP) is 4.12. The quantitative estimate of drug-likeness (QED) is 0.581. The fraction of sp³-hybridized carbons (Fsp3) is 0.211. The summed E-state index contributed by atoms with van der Waals surface area (Å²) in [6.45, 7) is 3.39. The summed E-state index contributed by atoms with van der Waals surface area (Å²) in [5.74, 6) is -0.970. The van der Waals surface area contributed by atoms with E-state index in [4.69, 9.17) is 26.2 Å². The van der Waals surface area contributed by atoms with Gasteiger partial charge in [0.05, 0.1) is 22.4 Å². The van der Waals surface area contributed by atoms with E-state index in [2.05, 4.69) is 4.99 Å². The Morgan fingerprint density at radius 1 is 1.19 bits per heavy atom. The lowest BCUT2D eigenvalue weighted by atomic mass is 10.2. The third kappa shape index (κ3) is 5.89. The number of halogens is 1. The first-order valence-corrected chi connectivity index (χ1v) is 8.22. The van der Waals surface area contributed by atoms with Crippen molar-refractivity contribution in [1.82, 2.24) is 0 Å². The van der Waals surface area contributed by atoms with Crippen molar-refractivity contribution in [3.8, 4) is 5.75 Å². The fourth-order valence-electron chi connectivity index (χ4n) is 2.00. The highest BCUT2D eigenvalue weighted by Crippen LogP contribution is 2.23. The van der Waals surface area contributed by atoms with Gasteiger partial charge in [-0.15, -0.1) is 0 Å². The number of carboxylic acid groups (broad SMARTS) is 1. The largest absolute Gasteiger partial charge is 0.482 e. The molecule has 26 heavy (non-hydrogen) atoms. The fourth-order valence-corrected chi connectivity index (χ4v) is 2.25. The Labute approximate surface area is 156 Å². The highest BCUT2D eigenvalue weighted by atomic mass is 35.5. The van der Waals surface area contributed by atoms with Gasteiger partial charge >= 0.3 is 11.9 Å². The van der Waals surface area contributed by atoms with Crippen molar-refractivity contribution in [3.63, 3.8) is 0 Å². The molecule has 2 rings (SSSR count). The zero-order chi connectivity index (χ0) is 19.1. The second-order valence-electron chi connectivity index (χ2n) is 5.62. The Hall–Kier alpha value is -2.86. The summed E-state index contributed by atoms with van der Waals surface area (Å²) < 4.78 is 10.3. The number of benzene rings is 2. The molecule has 0 aliphatic rings. The van der Waals surface area contributed by atoms with Crippen LogP contribution in [0.3, 0.4) is 0 Å². The molecule has 0 heterocycles. The van der Waals surface area contributed by atoms with E-state index in [9.17, 15) is 9.59 Å². The van der Waals surface area contributed by atoms with Gasteiger partial charge < -0.3 is 14.6 Å². The van der Waals surface area contributed by atoms with E-state index in [1.165, 1.54) is 12.1 Å². The molecule has 0 aliphatic carbocycles. The van der Waals surface area contributed by atoms with Crippen molar-refractivity contribution in [3.05, 3.63) is 58.6 Å². The number of carbonyl (C=O) groups is 2. The summed E-state index contributed by atoms with van der Waals surface area (Å²) in [5.41, 5.74) is 1.38. The van der Waals surface area contributed by atoms with Crippen molar-refractivity contribution in [1.29, 1.82) is 0 Å². The van der Waals surface area contributed by atoms with Gasteiger partial charge in [-0.1, -0.05) is 11.6 Å². The van der Waals surface area contributed by atoms with Crippen molar-refractivity contribution in [2.45, 2.75) is 20.0 Å². The maximum Gasteiger partial charge on any atom is 0.344 e. The van der Waals surface area contributed by atoms with Crippen LogP contribution < -0.4 is 4.74 Å². The number of hydrogen-bond donors (Lipinski definition) is 1. The normalized spacial score (nSPS) is 10.9. The van der Waals surface area contributed by atoms with Crippen LogP contribution in [0.25, 0.3) is 0 Å². The predicted molar refractivity (Wildman–Crippen MR) is 98.8 cm³/mol. The van der Waals surface area contributed by atoms with Gasteiger partial charge in [0.1, 0.15) is 5.75 Å². The molecule has 136 valence electrons. The molecule has 0 bridgehead atoms. The number of hydrogen-bond acceptors (Lipinski definition) is 5. The SMILES string of the molecule is CC(C)OC(=O)COc1ccc(C=Nc2ccc(C(=O)O)c(Cl)c2)cc1. The molecule has 0 unspecified atom stereocenters. The number of nitrogens with zero attached hydrogens (tertiary/aromatic N) is 1. The van der Waals surface area contributed by atoms with Crippen LogP contribution in [0.2, 0.25) is 5.02 Å². The molecule has 6 nitrogen and oxygen atoms in total. The number of esters is 1. The number of rotatable bonds is 7. The van der Waals surface area contributed by atoms with Crippen molar-refractivity contribution in [2.24, 2.45) is 4.99 Å². The Morgan fingerprint density at radius 3 is 2.46 bits per heavy atom. The van der Waals surface area contributed by atoms with E-state index in [1.54, 1.807) is 50.4 Å². The second-order valence-corrected chi connectivity index (χ2v) is 6.03. The van der Waals surface area contributed by atoms with E-state index in [0.717, 1.165) is 5.56 Å². The molecular formula is C19H18ClNO5. The molecule has 1 N–H and O–H groups in total. The van der Waals surface area contributed by atoms with Crippen LogP contribution in [0.4, 0.5) is 5.69 Å². The van der Waals surface area contributed by atoms with Crippen LogP contribution in [0.1, 0.15) is 29.8 Å². The third-order valence-electron chi connectivity index (χ3n) is 3.15. The lowest BCUT2D eigenvalue weighted by Gasteiger charge is -2.09. The summed E-state index contributed by atoms with van der Waals surface area (Å²) in [7, 11) is 0. The van der Waals surface area contributed by atoms with Crippen LogP contribution in [0.5, 0.6) is 5.75 Å². The first kappa shape index (κ1) is 19.5. The van der Waals surface area contributed by atoms with E-state index < -0.39 is 11.9 Å². The Morgan fingerprint density at radius 2 is 1.88 bits per heavy atom. The Balaban J connectivity index is 1.96. The topological polar surface area (TPSA) is 85.2 Å². The first-order valence-electron chi connectivity index (χ1n) is 7.84. The lowest BCUT2D eigenvalue weighted by molar-refractivity contribution is -0.149. The molecule has 0 aliphatic heterocycles. The van der Waals surface area contributed by atoms with Crippen molar-refractivity contribution >= 4 is 35.4 Å². The summed E-state index contributed by atoms with van der Waals surface area (Å²) in [5, 5.41) is 9.08. The van der Waals surface area contributed by atoms with Gasteiger partial charge in [0.2, 0.25) is 0 Å². The second kappa shape index (κ2) is 9.01. The van der Waals surface area contributed by atoms with Gasteiger partial charge in [0.15, 0.2) is 6.61 Å². The summed E-state index contributed by atoms with van der Waals surface area (Å²) in [6, 6.07) is 11.4. The summed E-state index contributed by atoms with van der Waals surface area (Å²) in [6.07, 6.45) is 1.44. The number of aliphatic imine (C=N–C) groups is 1. The first-order chi connectivity index (χ1) is 12.3. The Kier molecular flexibility index (Phi) is 6.74. The average Bonchev–Trinajstić information content (AvgIpc) is 2.58. The van der Waals surface area contributed by atoms with Gasteiger partial charge in [-0.05, 0) is 61.9 Å². The average molecular weight is 376 g/mol. The van der Waals surface area contributed by atoms with Crippen LogP contribution in [0.15, 0.2) is 47.5 Å². The minimum Gasteiger partial charge on any atom is -0.482 e. The molecule has 0 amide bonds. The molecule has 2 aromatic carbocycles. The maximum absolute atomic E-state index is 11.4. The van der Waals surface area contributed by atoms with Gasteiger partial charge in [0, 0.05) is 6.21 Å². The highest BCUT2D eigenvalue weighted by molar-refractivity contribution is 6.33. The Bertz CT molecular complexity index is 815. The monoisotopic (exact) mass is 375 g/mol. The smallest absolute Gasteiger partial charge is 0.344 e. The standard InChI is InChI=1S/C19H18ClNO5/c1-12(2)26-18(22)11-25-15-6-3-13(4-7-15)10-21-14-5-8-16(19(23)24)17(20)9-14/h3-10,12H,11H2,1-2H3,(H,23,24). The minimum absolute atomic E-state index is 0.0307. The molecule has 0 radical (unpaired) electrons. The van der Waals surface area contributed by atoms with Gasteiger partial charge in [0.25, 0.3) is 0 Å². The molecule has 0 aromatic heterocycles. The summed E-state index contributed by atoms with van der Waals surface area (Å²) >= 11 is 5.91. The van der Waals surface area contributed by atoms with E-state index >= 15 is 0 Å². The van der Waals surface area contributed by atoms with Crippen LogP contribution in [-0.4, -0.2) is 36.0 Å². The minimum atomic E-state index is -1.08. The van der Waals surface area contributed by atoms with Crippen molar-refractivity contribution < 1.29 is 24.2 Å². The molecule has 0 spiro atoms. The van der Waals surface area contributed by atoms with E-state index in [0.29, 0.717) is 11.4 Å². The van der Waals surface area contributed by atoms with Gasteiger partial charge in [-0.25, -0.2) is 9.59 Å². The molecule has 0 atom stereocenters. The van der Waals surface area contributed by atoms with Gasteiger partial charge in [-0.2, -0.15) is 0 Å². The number of ether oxygens (including phenoxy) is 2. The summed E-state index contributed by atoms with van der Waals surface area (Å²) in [4.78, 5) is 26.6. The number of carbonyl (C=O) groups excluding carboxylic acids is 1. The molecule has 0 saturated heterocycles. The van der Waals surface area contributed by atoms with Crippen molar-refractivity contribution in [2.75, 3.05) is 6.61 Å². The van der Waals surface area contributed by atoms with Crippen LogP contribution in [0, 0.1) is 0 Å². The molecule has 0 saturated carbocycles. The van der Waals surface area contributed by atoms with E-state index in [-0.39, 0.29) is 23.3 Å². The highest BCUT2D eigenvalue weighted by Gasteiger charge is 2.08. The third-order valence-corrected chi connectivity index (χ3v) is 3.46. The van der Waals surface area contributed by atoms with E-state index in [1.807, 2.05) is 0 Å². The zero-order valence-corrected chi connectivity index (χ0v) is 15.1. The molecular weight excluding hydrogens is 358 g/mol. The number of aromatic carboxylic acids is 1. The lowest BCUT2D eigenvalue weighted by Crippen LogP contribution is -2.18. The maximum atomic E-state index is 11.4. The van der Waals surface area contributed by atoms with Crippen LogP contribution >= 0.6 is 11.6 Å². The molecule has 0 fully saturated rings. The molecule has 2 aromatic rings. The van der Waals surface area contributed by atoms with Crippen LogP contribution in [-0.2, 0) is 9.53 Å². The number of carboxylic acids is 1. The zero-order valence-electron chi connectivity index (χ0n) is 14.3. The molecule has 7 heteroatoms.